The van der Waals surface area contributed by atoms with E-state index in [1.54, 1.807) is 32.2 Å². The Labute approximate surface area is 197 Å². The number of hydrogen-bond donors (Lipinski definition) is 4. The summed E-state index contributed by atoms with van der Waals surface area (Å²) < 4.78 is 26.9. The molecule has 0 spiro atoms. The normalized spacial score (nSPS) is 17.8. The second kappa shape index (κ2) is 13.0. The molecule has 1 fully saturated rings. The molecule has 9 nitrogen and oxygen atoms in total. The van der Waals surface area contributed by atoms with E-state index in [1.165, 1.54) is 25.6 Å². The van der Waals surface area contributed by atoms with E-state index < -0.39 is 34.1 Å². The minimum Gasteiger partial charge on any atom is -0.390 e. The monoisotopic (exact) mass is 482 g/mol. The lowest BCUT2D eigenvalue weighted by Crippen LogP contribution is -2.54. The van der Waals surface area contributed by atoms with Crippen LogP contribution in [-0.2, 0) is 19.6 Å². The SMILES string of the molecule is CNCC(=O)NC(C)C(=O)N[C@@H](CC1CCCCC1)[C@H](O)CN(C)S(=O)(=O)c1ccccc1. The van der Waals surface area contributed by atoms with Crippen molar-refractivity contribution in [3.63, 3.8) is 0 Å². The van der Waals surface area contributed by atoms with Crippen LogP contribution < -0.4 is 16.0 Å². The third-order valence-electron chi connectivity index (χ3n) is 6.11. The molecule has 1 aliphatic carbocycles. The van der Waals surface area contributed by atoms with Gasteiger partial charge in [0.1, 0.15) is 6.04 Å². The van der Waals surface area contributed by atoms with Crippen molar-refractivity contribution in [2.45, 2.75) is 68.5 Å². The quantitative estimate of drug-likeness (QED) is 0.350. The first-order valence-electron chi connectivity index (χ1n) is 11.6. The molecule has 1 aliphatic rings. The Morgan fingerprint density at radius 3 is 2.36 bits per heavy atom. The van der Waals surface area contributed by atoms with E-state index in [1.807, 2.05) is 0 Å². The number of aliphatic hydroxyl groups is 1. The van der Waals surface area contributed by atoms with Crippen molar-refractivity contribution in [2.24, 2.45) is 5.92 Å². The number of amides is 2. The lowest BCUT2D eigenvalue weighted by molar-refractivity contribution is -0.129. The van der Waals surface area contributed by atoms with Crippen LogP contribution in [0.4, 0.5) is 0 Å². The molecule has 1 unspecified atom stereocenters. The van der Waals surface area contributed by atoms with Crippen LogP contribution in [0.1, 0.15) is 45.4 Å². The molecule has 2 amide bonds. The molecule has 0 aliphatic heterocycles. The van der Waals surface area contributed by atoms with E-state index in [0.717, 1.165) is 30.0 Å². The van der Waals surface area contributed by atoms with Gasteiger partial charge in [0.25, 0.3) is 0 Å². The highest BCUT2D eigenvalue weighted by Gasteiger charge is 2.31. The largest absolute Gasteiger partial charge is 0.390 e. The van der Waals surface area contributed by atoms with Gasteiger partial charge in [-0.2, -0.15) is 4.31 Å². The second-order valence-corrected chi connectivity index (χ2v) is 10.9. The van der Waals surface area contributed by atoms with Crippen LogP contribution in [0.2, 0.25) is 0 Å². The topological polar surface area (TPSA) is 128 Å². The molecule has 1 aromatic carbocycles. The summed E-state index contributed by atoms with van der Waals surface area (Å²) in [5.41, 5.74) is 0. The van der Waals surface area contributed by atoms with E-state index >= 15 is 0 Å². The molecule has 0 heterocycles. The molecular formula is C23H38N4O5S. The Hall–Kier alpha value is -2.01. The molecule has 10 heteroatoms. The molecule has 186 valence electrons. The van der Waals surface area contributed by atoms with Crippen LogP contribution in [0.3, 0.4) is 0 Å². The van der Waals surface area contributed by atoms with Gasteiger partial charge in [-0.1, -0.05) is 50.3 Å². The molecular weight excluding hydrogens is 444 g/mol. The second-order valence-electron chi connectivity index (χ2n) is 8.84. The average molecular weight is 483 g/mol. The number of aliphatic hydroxyl groups excluding tert-OH is 1. The summed E-state index contributed by atoms with van der Waals surface area (Å²) in [6.45, 7) is 1.52. The molecule has 1 aromatic rings. The van der Waals surface area contributed by atoms with Crippen LogP contribution in [0.15, 0.2) is 35.2 Å². The van der Waals surface area contributed by atoms with E-state index in [9.17, 15) is 23.1 Å². The van der Waals surface area contributed by atoms with Crippen LogP contribution in [0.5, 0.6) is 0 Å². The van der Waals surface area contributed by atoms with E-state index in [2.05, 4.69) is 16.0 Å². The Morgan fingerprint density at radius 1 is 1.12 bits per heavy atom. The molecule has 0 aromatic heterocycles. The highest BCUT2D eigenvalue weighted by molar-refractivity contribution is 7.89. The molecule has 4 N–H and O–H groups in total. The van der Waals surface area contributed by atoms with Crippen molar-refractivity contribution >= 4 is 21.8 Å². The third kappa shape index (κ3) is 8.37. The highest BCUT2D eigenvalue weighted by Crippen LogP contribution is 2.28. The summed E-state index contributed by atoms with van der Waals surface area (Å²) in [6, 6.07) is 6.64. The number of sulfonamides is 1. The van der Waals surface area contributed by atoms with Gasteiger partial charge in [-0.25, -0.2) is 8.42 Å². The van der Waals surface area contributed by atoms with Crippen molar-refractivity contribution in [3.05, 3.63) is 30.3 Å². The smallest absolute Gasteiger partial charge is 0.242 e. The fourth-order valence-corrected chi connectivity index (χ4v) is 5.39. The minimum absolute atomic E-state index is 0.0912. The van der Waals surface area contributed by atoms with Crippen LogP contribution in [0, 0.1) is 5.92 Å². The van der Waals surface area contributed by atoms with E-state index in [-0.39, 0.29) is 23.9 Å². The summed E-state index contributed by atoms with van der Waals surface area (Å²) in [6.07, 6.45) is 4.91. The van der Waals surface area contributed by atoms with Crippen LogP contribution >= 0.6 is 0 Å². The molecule has 1 saturated carbocycles. The number of carbonyl (C=O) groups excluding carboxylic acids is 2. The number of benzene rings is 1. The first kappa shape index (κ1) is 27.2. The van der Waals surface area contributed by atoms with Gasteiger partial charge in [-0.3, -0.25) is 9.59 Å². The van der Waals surface area contributed by atoms with Gasteiger partial charge >= 0.3 is 0 Å². The van der Waals surface area contributed by atoms with Crippen LogP contribution in [0.25, 0.3) is 0 Å². The minimum atomic E-state index is -3.77. The van der Waals surface area contributed by atoms with Crippen molar-refractivity contribution < 1.29 is 23.1 Å². The lowest BCUT2D eigenvalue weighted by Gasteiger charge is -2.32. The standard InChI is InChI=1S/C23H38N4O5S/c1-17(25-22(29)15-24-2)23(30)26-20(14-18-10-6-4-7-11-18)21(28)16-27(3)33(31,32)19-12-8-5-9-13-19/h5,8-9,12-13,17-18,20-21,24,28H,4,6-7,10-11,14-16H2,1-3H3,(H,25,29)(H,26,30)/t17?,20-,21+/m0/s1. The number of rotatable bonds is 12. The first-order chi connectivity index (χ1) is 15.6. The van der Waals surface area contributed by atoms with E-state index in [0.29, 0.717) is 12.3 Å². The fourth-order valence-electron chi connectivity index (χ4n) is 4.18. The Bertz CT molecular complexity index is 859. The van der Waals surface area contributed by atoms with Gasteiger partial charge in [-0.15, -0.1) is 0 Å². The van der Waals surface area contributed by atoms with E-state index in [4.69, 9.17) is 0 Å². The van der Waals surface area contributed by atoms with Gasteiger partial charge < -0.3 is 21.1 Å². The van der Waals surface area contributed by atoms with Crippen molar-refractivity contribution in [1.29, 1.82) is 0 Å². The maximum atomic E-state index is 12.9. The predicted molar refractivity (Wildman–Crippen MR) is 127 cm³/mol. The fraction of sp³-hybridized carbons (Fsp3) is 0.652. The summed E-state index contributed by atoms with van der Waals surface area (Å²) in [4.78, 5) is 24.7. The van der Waals surface area contributed by atoms with Gasteiger partial charge in [-0.05, 0) is 38.4 Å². The van der Waals surface area contributed by atoms with Gasteiger partial charge in [0.2, 0.25) is 21.8 Å². The van der Waals surface area contributed by atoms with Gasteiger partial charge in [0.05, 0.1) is 23.6 Å². The Morgan fingerprint density at radius 2 is 1.76 bits per heavy atom. The zero-order valence-electron chi connectivity index (χ0n) is 19.8. The van der Waals surface area contributed by atoms with Crippen molar-refractivity contribution in [1.82, 2.24) is 20.3 Å². The van der Waals surface area contributed by atoms with Crippen molar-refractivity contribution in [2.75, 3.05) is 27.2 Å². The summed E-state index contributed by atoms with van der Waals surface area (Å²) in [5, 5.41) is 19.2. The molecule has 0 bridgehead atoms. The van der Waals surface area contributed by atoms with Gasteiger partial charge in [0.15, 0.2) is 0 Å². The average Bonchev–Trinajstić information content (AvgIpc) is 2.79. The summed E-state index contributed by atoms with van der Waals surface area (Å²) in [7, 11) is -0.709. The predicted octanol–water partition coefficient (Wildman–Crippen LogP) is 0.847. The first-order valence-corrected chi connectivity index (χ1v) is 13.0. The number of hydrogen-bond acceptors (Lipinski definition) is 6. The maximum absolute atomic E-state index is 12.9. The number of likely N-dealkylation sites (N-methyl/N-ethyl adjacent to an activating group) is 2. The molecule has 3 atom stereocenters. The molecule has 33 heavy (non-hydrogen) atoms. The lowest BCUT2D eigenvalue weighted by atomic mass is 9.83. The molecule has 2 rings (SSSR count). The van der Waals surface area contributed by atoms with Crippen LogP contribution in [-0.4, -0.2) is 75.0 Å². The zero-order chi connectivity index (χ0) is 24.4. The summed E-state index contributed by atoms with van der Waals surface area (Å²) >= 11 is 0. The Balaban J connectivity index is 2.09. The number of nitrogens with one attached hydrogen (secondary N) is 3. The van der Waals surface area contributed by atoms with Crippen molar-refractivity contribution in [3.8, 4) is 0 Å². The molecule has 0 radical (unpaired) electrons. The zero-order valence-corrected chi connectivity index (χ0v) is 20.6. The number of carbonyl (C=O) groups is 2. The molecule has 0 saturated heterocycles. The van der Waals surface area contributed by atoms with Gasteiger partial charge in [0, 0.05) is 13.6 Å². The third-order valence-corrected chi connectivity index (χ3v) is 7.95. The maximum Gasteiger partial charge on any atom is 0.242 e. The highest BCUT2D eigenvalue weighted by atomic mass is 32.2. The number of nitrogens with zero attached hydrogens (tertiary/aromatic N) is 1. The Kier molecular flexibility index (Phi) is 10.7. The summed E-state index contributed by atoms with van der Waals surface area (Å²) in [5.74, 6) is -0.366.